The molecule has 0 radical (unpaired) electrons. The molecule has 0 aromatic heterocycles. The Bertz CT molecular complexity index is 604. The molecule has 0 amide bonds. The summed E-state index contributed by atoms with van der Waals surface area (Å²) in [6.07, 6.45) is 2.76. The van der Waals surface area contributed by atoms with Crippen LogP contribution in [0, 0.1) is 10.1 Å². The maximum absolute atomic E-state index is 11.5. The number of primary sulfonamides is 1. The summed E-state index contributed by atoms with van der Waals surface area (Å²) >= 11 is 0. The fraction of sp³-hybridized carbons (Fsp3) is 0.538. The minimum atomic E-state index is -4.04. The summed E-state index contributed by atoms with van der Waals surface area (Å²) in [5.41, 5.74) is -0.0702. The van der Waals surface area contributed by atoms with Crippen LogP contribution < -0.4 is 10.5 Å². The zero-order valence-corrected chi connectivity index (χ0v) is 13.3. The Morgan fingerprint density at radius 1 is 1.32 bits per heavy atom. The molecule has 124 valence electrons. The minimum Gasteiger partial charge on any atom is -0.384 e. The maximum Gasteiger partial charge on any atom is 0.270 e. The van der Waals surface area contributed by atoms with E-state index in [0.717, 1.165) is 18.9 Å². The molecule has 0 saturated heterocycles. The lowest BCUT2D eigenvalue weighted by atomic mass is 10.2. The number of nitrogens with two attached hydrogens (primary N) is 1. The van der Waals surface area contributed by atoms with Crippen molar-refractivity contribution in [3.63, 3.8) is 0 Å². The normalized spacial score (nSPS) is 11.4. The summed E-state index contributed by atoms with van der Waals surface area (Å²) < 4.78 is 28.4. The lowest BCUT2D eigenvalue weighted by Crippen LogP contribution is -2.16. The third kappa shape index (κ3) is 5.96. The van der Waals surface area contributed by atoms with Crippen LogP contribution in [0.4, 0.5) is 11.4 Å². The van der Waals surface area contributed by atoms with Gasteiger partial charge in [0.1, 0.15) is 4.90 Å². The highest BCUT2D eigenvalue weighted by molar-refractivity contribution is 7.89. The van der Waals surface area contributed by atoms with Crippen molar-refractivity contribution < 1.29 is 18.1 Å². The van der Waals surface area contributed by atoms with Gasteiger partial charge in [0.15, 0.2) is 0 Å². The number of ether oxygens (including phenoxy) is 1. The number of anilines is 1. The monoisotopic (exact) mass is 331 g/mol. The van der Waals surface area contributed by atoms with E-state index in [1.807, 2.05) is 0 Å². The largest absolute Gasteiger partial charge is 0.384 e. The number of rotatable bonds is 10. The number of nitrogens with zero attached hydrogens (tertiary/aromatic N) is 1. The average molecular weight is 331 g/mol. The van der Waals surface area contributed by atoms with Gasteiger partial charge in [-0.2, -0.15) is 0 Å². The van der Waals surface area contributed by atoms with Crippen molar-refractivity contribution >= 4 is 21.4 Å². The fourth-order valence-electron chi connectivity index (χ4n) is 1.75. The second kappa shape index (κ2) is 8.66. The lowest BCUT2D eigenvalue weighted by molar-refractivity contribution is -0.385. The molecule has 1 aromatic rings. The van der Waals surface area contributed by atoms with Crippen molar-refractivity contribution in [1.82, 2.24) is 0 Å². The third-order valence-corrected chi connectivity index (χ3v) is 3.86. The molecule has 0 aliphatic rings. The molecule has 22 heavy (non-hydrogen) atoms. The molecule has 0 heterocycles. The van der Waals surface area contributed by atoms with E-state index in [1.54, 1.807) is 0 Å². The van der Waals surface area contributed by atoms with Crippen molar-refractivity contribution in [2.24, 2.45) is 5.14 Å². The van der Waals surface area contributed by atoms with Gasteiger partial charge in [0.05, 0.1) is 10.6 Å². The number of hydrogen-bond donors (Lipinski definition) is 2. The summed E-state index contributed by atoms with van der Waals surface area (Å²) in [5, 5.41) is 18.7. The van der Waals surface area contributed by atoms with E-state index < -0.39 is 14.9 Å². The van der Waals surface area contributed by atoms with Crippen molar-refractivity contribution in [2.45, 2.75) is 31.1 Å². The molecule has 0 saturated carbocycles. The second-order valence-corrected chi connectivity index (χ2v) is 6.26. The van der Waals surface area contributed by atoms with Gasteiger partial charge in [-0.1, -0.05) is 13.3 Å². The summed E-state index contributed by atoms with van der Waals surface area (Å²) in [7, 11) is -4.04. The number of unbranched alkanes of at least 4 members (excludes halogenated alkanes) is 1. The first-order valence-electron chi connectivity index (χ1n) is 6.99. The molecule has 0 fully saturated rings. The number of nitro benzene ring substituents is 1. The molecule has 0 unspecified atom stereocenters. The Balaban J connectivity index is 2.64. The van der Waals surface area contributed by atoms with Crippen LogP contribution in [0.3, 0.4) is 0 Å². The number of nitrogens with one attached hydrogen (secondary N) is 1. The SMILES string of the molecule is CCCCOCCCNc1ccc([N+](=O)[O-])cc1S(N)(=O)=O. The molecule has 9 heteroatoms. The van der Waals surface area contributed by atoms with Crippen molar-refractivity contribution in [3.8, 4) is 0 Å². The van der Waals surface area contributed by atoms with Crippen LogP contribution >= 0.6 is 0 Å². The summed E-state index contributed by atoms with van der Waals surface area (Å²) in [6, 6.07) is 3.53. The molecule has 0 atom stereocenters. The van der Waals surface area contributed by atoms with Crippen LogP contribution in [0.2, 0.25) is 0 Å². The molecular formula is C13H21N3O5S. The van der Waals surface area contributed by atoms with Gasteiger partial charge in [-0.3, -0.25) is 10.1 Å². The Hall–Kier alpha value is -1.71. The van der Waals surface area contributed by atoms with E-state index in [9.17, 15) is 18.5 Å². The van der Waals surface area contributed by atoms with Crippen LogP contribution in [0.5, 0.6) is 0 Å². The topological polar surface area (TPSA) is 125 Å². The van der Waals surface area contributed by atoms with Crippen molar-refractivity contribution in [1.29, 1.82) is 0 Å². The molecule has 1 aromatic carbocycles. The Kier molecular flexibility index (Phi) is 7.22. The molecular weight excluding hydrogens is 310 g/mol. The molecule has 0 spiro atoms. The van der Waals surface area contributed by atoms with E-state index in [0.29, 0.717) is 26.2 Å². The predicted octanol–water partition coefficient (Wildman–Crippen LogP) is 1.86. The molecule has 0 aliphatic carbocycles. The van der Waals surface area contributed by atoms with E-state index in [2.05, 4.69) is 12.2 Å². The highest BCUT2D eigenvalue weighted by Gasteiger charge is 2.18. The van der Waals surface area contributed by atoms with Crippen molar-refractivity contribution in [2.75, 3.05) is 25.1 Å². The highest BCUT2D eigenvalue weighted by Crippen LogP contribution is 2.25. The first-order valence-corrected chi connectivity index (χ1v) is 8.53. The number of hydrogen-bond acceptors (Lipinski definition) is 6. The van der Waals surface area contributed by atoms with Gasteiger partial charge in [-0.15, -0.1) is 0 Å². The van der Waals surface area contributed by atoms with Crippen molar-refractivity contribution in [3.05, 3.63) is 28.3 Å². The maximum atomic E-state index is 11.5. The Morgan fingerprint density at radius 3 is 2.59 bits per heavy atom. The van der Waals surface area contributed by atoms with Crippen LogP contribution in [0.25, 0.3) is 0 Å². The van der Waals surface area contributed by atoms with Crippen LogP contribution in [-0.4, -0.2) is 33.1 Å². The molecule has 1 rings (SSSR count). The lowest BCUT2D eigenvalue weighted by Gasteiger charge is -2.10. The van der Waals surface area contributed by atoms with Gasteiger partial charge in [-0.05, 0) is 18.9 Å². The number of nitro groups is 1. The van der Waals surface area contributed by atoms with Gasteiger partial charge in [-0.25, -0.2) is 13.6 Å². The number of non-ortho nitro benzene ring substituents is 1. The predicted molar refractivity (Wildman–Crippen MR) is 83.3 cm³/mol. The summed E-state index contributed by atoms with van der Waals surface area (Å²) in [5.74, 6) is 0. The first-order chi connectivity index (χ1) is 10.4. The smallest absolute Gasteiger partial charge is 0.270 e. The highest BCUT2D eigenvalue weighted by atomic mass is 32.2. The van der Waals surface area contributed by atoms with E-state index >= 15 is 0 Å². The summed E-state index contributed by atoms with van der Waals surface area (Å²) in [4.78, 5) is 9.76. The minimum absolute atomic E-state index is 0.252. The molecule has 3 N–H and O–H groups in total. The molecule has 0 bridgehead atoms. The van der Waals surface area contributed by atoms with Gasteiger partial charge >= 0.3 is 0 Å². The Morgan fingerprint density at radius 2 is 2.00 bits per heavy atom. The Labute approximate surface area is 129 Å². The average Bonchev–Trinajstić information content (AvgIpc) is 2.45. The zero-order valence-electron chi connectivity index (χ0n) is 12.4. The molecule has 0 aliphatic heterocycles. The van der Waals surface area contributed by atoms with Gasteiger partial charge < -0.3 is 10.1 Å². The van der Waals surface area contributed by atoms with Gasteiger partial charge in [0.25, 0.3) is 5.69 Å². The van der Waals surface area contributed by atoms with E-state index in [1.165, 1.54) is 12.1 Å². The number of benzene rings is 1. The third-order valence-electron chi connectivity index (χ3n) is 2.91. The fourth-order valence-corrected chi connectivity index (χ4v) is 2.48. The van der Waals surface area contributed by atoms with E-state index in [-0.39, 0.29) is 16.3 Å². The summed E-state index contributed by atoms with van der Waals surface area (Å²) in [6.45, 7) is 3.82. The second-order valence-electron chi connectivity index (χ2n) is 4.73. The quantitative estimate of drug-likeness (QED) is 0.383. The molecule has 8 nitrogen and oxygen atoms in total. The van der Waals surface area contributed by atoms with Crippen LogP contribution in [-0.2, 0) is 14.8 Å². The van der Waals surface area contributed by atoms with Crippen LogP contribution in [0.1, 0.15) is 26.2 Å². The first kappa shape index (κ1) is 18.3. The number of sulfonamides is 1. The standard InChI is InChI=1S/C13H21N3O5S/c1-2-3-8-21-9-4-7-15-12-6-5-11(16(17)18)10-13(12)22(14,19)20/h5-6,10,15H,2-4,7-9H2,1H3,(H2,14,19,20). The van der Waals surface area contributed by atoms with E-state index in [4.69, 9.17) is 9.88 Å². The zero-order chi connectivity index (χ0) is 16.6. The van der Waals surface area contributed by atoms with Crippen LogP contribution in [0.15, 0.2) is 23.1 Å². The van der Waals surface area contributed by atoms with Gasteiger partial charge in [0.2, 0.25) is 10.0 Å². The van der Waals surface area contributed by atoms with Gasteiger partial charge in [0, 0.05) is 31.9 Å².